The number of hydrogen-bond acceptors (Lipinski definition) is 6. The Bertz CT molecular complexity index is 960. The predicted octanol–water partition coefficient (Wildman–Crippen LogP) is 1.68. The van der Waals surface area contributed by atoms with Gasteiger partial charge < -0.3 is 19.6 Å². The number of para-hydroxylation sites is 1. The number of amides is 2. The van der Waals surface area contributed by atoms with Crippen LogP contribution in [0, 0.1) is 0 Å². The summed E-state index contributed by atoms with van der Waals surface area (Å²) < 4.78 is 5.99. The molecule has 0 radical (unpaired) electrons. The number of aliphatic hydroxyl groups is 1. The fourth-order valence-corrected chi connectivity index (χ4v) is 4.46. The van der Waals surface area contributed by atoms with Crippen molar-refractivity contribution in [2.24, 2.45) is 0 Å². The molecule has 1 aromatic carbocycles. The number of piperidine rings is 1. The Morgan fingerprint density at radius 1 is 1.19 bits per heavy atom. The fourth-order valence-electron chi connectivity index (χ4n) is 4.46. The highest BCUT2D eigenvalue weighted by Gasteiger charge is 2.29. The summed E-state index contributed by atoms with van der Waals surface area (Å²) >= 11 is 0. The van der Waals surface area contributed by atoms with E-state index in [1.54, 1.807) is 13.1 Å². The first-order chi connectivity index (χ1) is 15.6. The van der Waals surface area contributed by atoms with Crippen LogP contribution in [0.15, 0.2) is 30.3 Å². The van der Waals surface area contributed by atoms with Crippen molar-refractivity contribution in [3.63, 3.8) is 0 Å². The zero-order valence-electron chi connectivity index (χ0n) is 18.7. The van der Waals surface area contributed by atoms with Crippen LogP contribution in [-0.2, 0) is 9.53 Å². The summed E-state index contributed by atoms with van der Waals surface area (Å²) in [5.74, 6) is -0.0484. The molecule has 2 fully saturated rings. The van der Waals surface area contributed by atoms with Crippen LogP contribution in [0.5, 0.6) is 0 Å². The second-order valence-electron chi connectivity index (χ2n) is 8.60. The number of benzene rings is 1. The maximum atomic E-state index is 13.1. The standard InChI is InChI=1S/C24H32N4O4/c1-26(11-13-29)24(31)19-15-21(25-20-8-4-3-7-18(19)20)22-16-28(12-14-32-22)23(30)17-27-9-5-2-6-10-27/h3-4,7-8,15,22,29H,2,5-6,9-14,16-17H2,1H3/t22-/m1/s1. The van der Waals surface area contributed by atoms with Crippen LogP contribution < -0.4 is 0 Å². The van der Waals surface area contributed by atoms with Crippen LogP contribution in [0.2, 0.25) is 0 Å². The van der Waals surface area contributed by atoms with E-state index in [9.17, 15) is 14.7 Å². The van der Waals surface area contributed by atoms with E-state index < -0.39 is 0 Å². The number of carbonyl (C=O) groups excluding carboxylic acids is 2. The highest BCUT2D eigenvalue weighted by molar-refractivity contribution is 6.06. The van der Waals surface area contributed by atoms with E-state index in [0.717, 1.165) is 31.3 Å². The average molecular weight is 441 g/mol. The van der Waals surface area contributed by atoms with Crippen molar-refractivity contribution in [3.8, 4) is 0 Å². The zero-order chi connectivity index (χ0) is 22.5. The molecule has 0 bridgehead atoms. The summed E-state index contributed by atoms with van der Waals surface area (Å²) in [6.07, 6.45) is 3.17. The van der Waals surface area contributed by atoms with Gasteiger partial charge >= 0.3 is 0 Å². The minimum absolute atomic E-state index is 0.0993. The molecule has 32 heavy (non-hydrogen) atoms. The summed E-state index contributed by atoms with van der Waals surface area (Å²) in [5, 5.41) is 10.00. The zero-order valence-corrected chi connectivity index (χ0v) is 18.7. The number of aromatic nitrogens is 1. The molecule has 0 aliphatic carbocycles. The second kappa shape index (κ2) is 10.4. The van der Waals surface area contributed by atoms with Gasteiger partial charge in [-0.1, -0.05) is 24.6 Å². The number of fused-ring (bicyclic) bond motifs is 1. The number of ether oxygens (including phenoxy) is 1. The van der Waals surface area contributed by atoms with Gasteiger partial charge in [-0.2, -0.15) is 0 Å². The van der Waals surface area contributed by atoms with Crippen LogP contribution in [0.3, 0.4) is 0 Å². The summed E-state index contributed by atoms with van der Waals surface area (Å²) in [4.78, 5) is 36.3. The molecular weight excluding hydrogens is 408 g/mol. The van der Waals surface area contributed by atoms with Crippen molar-refractivity contribution >= 4 is 22.7 Å². The molecule has 8 heteroatoms. The van der Waals surface area contributed by atoms with E-state index in [1.807, 2.05) is 29.2 Å². The first kappa shape index (κ1) is 22.6. The third-order valence-corrected chi connectivity index (χ3v) is 6.31. The van der Waals surface area contributed by atoms with E-state index in [4.69, 9.17) is 9.72 Å². The fraction of sp³-hybridized carbons (Fsp3) is 0.542. The van der Waals surface area contributed by atoms with Crippen molar-refractivity contribution in [3.05, 3.63) is 41.6 Å². The minimum Gasteiger partial charge on any atom is -0.395 e. The molecule has 2 saturated heterocycles. The maximum absolute atomic E-state index is 13.1. The molecule has 3 heterocycles. The van der Waals surface area contributed by atoms with Crippen molar-refractivity contribution < 1.29 is 19.4 Å². The molecule has 4 rings (SSSR count). The molecule has 0 saturated carbocycles. The van der Waals surface area contributed by atoms with Crippen LogP contribution in [0.25, 0.3) is 10.9 Å². The Morgan fingerprint density at radius 2 is 1.97 bits per heavy atom. The summed E-state index contributed by atoms with van der Waals surface area (Å²) in [5.41, 5.74) is 1.90. The van der Waals surface area contributed by atoms with Crippen molar-refractivity contribution in [1.82, 2.24) is 19.7 Å². The molecular formula is C24H32N4O4. The van der Waals surface area contributed by atoms with E-state index in [1.165, 1.54) is 11.3 Å². The highest BCUT2D eigenvalue weighted by atomic mass is 16.5. The monoisotopic (exact) mass is 440 g/mol. The lowest BCUT2D eigenvalue weighted by Crippen LogP contribution is -2.47. The average Bonchev–Trinajstić information content (AvgIpc) is 2.83. The number of carbonyl (C=O) groups is 2. The van der Waals surface area contributed by atoms with Gasteiger partial charge in [0, 0.05) is 25.5 Å². The first-order valence-corrected chi connectivity index (χ1v) is 11.4. The molecule has 172 valence electrons. The Kier molecular flexibility index (Phi) is 7.34. The molecule has 1 aromatic heterocycles. The van der Waals surface area contributed by atoms with Gasteiger partial charge in [-0.05, 0) is 38.1 Å². The molecule has 0 spiro atoms. The third kappa shape index (κ3) is 5.09. The smallest absolute Gasteiger partial charge is 0.254 e. The number of rotatable bonds is 6. The lowest BCUT2D eigenvalue weighted by Gasteiger charge is -2.35. The Hall–Kier alpha value is -2.55. The highest BCUT2D eigenvalue weighted by Crippen LogP contribution is 2.27. The van der Waals surface area contributed by atoms with Gasteiger partial charge in [0.2, 0.25) is 5.91 Å². The Morgan fingerprint density at radius 3 is 2.75 bits per heavy atom. The molecule has 1 atom stereocenters. The van der Waals surface area contributed by atoms with Gasteiger partial charge in [0.25, 0.3) is 5.91 Å². The second-order valence-corrected chi connectivity index (χ2v) is 8.60. The van der Waals surface area contributed by atoms with Gasteiger partial charge in [-0.25, -0.2) is 4.98 Å². The van der Waals surface area contributed by atoms with Crippen molar-refractivity contribution in [2.75, 3.05) is 59.5 Å². The van der Waals surface area contributed by atoms with Crippen molar-refractivity contribution in [2.45, 2.75) is 25.4 Å². The number of morpholine rings is 1. The summed E-state index contributed by atoms with van der Waals surface area (Å²) in [6.45, 7) is 4.02. The number of hydrogen-bond donors (Lipinski definition) is 1. The SMILES string of the molecule is CN(CCO)C(=O)c1cc([C@H]2CN(C(=O)CN3CCCCC3)CCO2)nc2ccccc12. The topological polar surface area (TPSA) is 86.2 Å². The van der Waals surface area contributed by atoms with Crippen LogP contribution in [-0.4, -0.2) is 96.1 Å². The number of nitrogens with zero attached hydrogens (tertiary/aromatic N) is 4. The number of likely N-dealkylation sites (tertiary alicyclic amines) is 1. The molecule has 1 N–H and O–H groups in total. The van der Waals surface area contributed by atoms with E-state index in [0.29, 0.717) is 43.0 Å². The minimum atomic E-state index is -0.381. The first-order valence-electron chi connectivity index (χ1n) is 11.4. The lowest BCUT2D eigenvalue weighted by atomic mass is 10.0. The number of pyridine rings is 1. The Labute approximate surface area is 188 Å². The largest absolute Gasteiger partial charge is 0.395 e. The van der Waals surface area contributed by atoms with Gasteiger partial charge in [0.05, 0.1) is 43.1 Å². The van der Waals surface area contributed by atoms with Crippen LogP contribution in [0.4, 0.5) is 0 Å². The molecule has 8 nitrogen and oxygen atoms in total. The molecule has 2 amide bonds. The molecule has 0 unspecified atom stereocenters. The third-order valence-electron chi connectivity index (χ3n) is 6.31. The normalized spacial score (nSPS) is 19.8. The number of aliphatic hydroxyl groups excluding tert-OH is 1. The van der Waals surface area contributed by atoms with Gasteiger partial charge in [-0.15, -0.1) is 0 Å². The van der Waals surface area contributed by atoms with E-state index >= 15 is 0 Å². The van der Waals surface area contributed by atoms with Crippen molar-refractivity contribution in [1.29, 1.82) is 0 Å². The lowest BCUT2D eigenvalue weighted by molar-refractivity contribution is -0.140. The van der Waals surface area contributed by atoms with Gasteiger partial charge in [-0.3, -0.25) is 14.5 Å². The van der Waals surface area contributed by atoms with E-state index in [2.05, 4.69) is 4.90 Å². The van der Waals surface area contributed by atoms with Gasteiger partial charge in [0.1, 0.15) is 6.10 Å². The number of likely N-dealkylation sites (N-methyl/N-ethyl adjacent to an activating group) is 1. The maximum Gasteiger partial charge on any atom is 0.254 e. The Balaban J connectivity index is 1.55. The molecule has 2 aliphatic heterocycles. The quantitative estimate of drug-likeness (QED) is 0.736. The predicted molar refractivity (Wildman–Crippen MR) is 121 cm³/mol. The molecule has 2 aromatic rings. The van der Waals surface area contributed by atoms with Gasteiger partial charge in [0.15, 0.2) is 0 Å². The molecule has 2 aliphatic rings. The summed E-state index contributed by atoms with van der Waals surface area (Å²) in [7, 11) is 1.67. The van der Waals surface area contributed by atoms with E-state index in [-0.39, 0.29) is 31.1 Å². The summed E-state index contributed by atoms with van der Waals surface area (Å²) in [6, 6.07) is 9.31. The van der Waals surface area contributed by atoms with Crippen LogP contribution in [0.1, 0.15) is 41.4 Å². The van der Waals surface area contributed by atoms with Crippen LogP contribution >= 0.6 is 0 Å².